The quantitative estimate of drug-likeness (QED) is 0.192. The van der Waals surface area contributed by atoms with E-state index in [1.807, 2.05) is 0 Å². The molecule has 2 aromatic heterocycles. The van der Waals surface area contributed by atoms with E-state index >= 15 is 0 Å². The number of benzene rings is 1. The maximum absolute atomic E-state index is 13.3. The fourth-order valence-corrected chi connectivity index (χ4v) is 3.48. The van der Waals surface area contributed by atoms with Crippen LogP contribution in [0.3, 0.4) is 0 Å². The van der Waals surface area contributed by atoms with Gasteiger partial charge < -0.3 is 24.1 Å². The molecular formula is C25H23ClF3N3O6. The average Bonchev–Trinajstić information content (AvgIpc) is 3.38. The molecule has 9 nitrogen and oxygen atoms in total. The van der Waals surface area contributed by atoms with Crippen molar-refractivity contribution in [3.05, 3.63) is 77.5 Å². The molecule has 0 radical (unpaired) electrons. The molecule has 3 rings (SSSR count). The molecule has 0 aliphatic heterocycles. The van der Waals surface area contributed by atoms with Gasteiger partial charge in [-0.2, -0.15) is 13.2 Å². The van der Waals surface area contributed by atoms with Gasteiger partial charge in [0.25, 0.3) is 5.91 Å². The molecule has 0 saturated heterocycles. The highest BCUT2D eigenvalue weighted by Gasteiger charge is 2.42. The van der Waals surface area contributed by atoms with Crippen molar-refractivity contribution in [2.75, 3.05) is 25.0 Å². The number of aromatic nitrogens is 1. The molecule has 0 atom stereocenters. The Kier molecular flexibility index (Phi) is 10.1. The van der Waals surface area contributed by atoms with E-state index in [0.717, 1.165) is 5.69 Å². The first-order chi connectivity index (χ1) is 18.1. The second-order valence-corrected chi connectivity index (χ2v) is 8.29. The van der Waals surface area contributed by atoms with Crippen molar-refractivity contribution in [2.45, 2.75) is 25.6 Å². The van der Waals surface area contributed by atoms with Gasteiger partial charge in [0.05, 0.1) is 12.8 Å². The van der Waals surface area contributed by atoms with Crippen molar-refractivity contribution in [1.29, 1.82) is 0 Å². The largest absolute Gasteiger partial charge is 0.492 e. The number of carbonyl (C=O) groups excluding carboxylic acids is 3. The number of amides is 1. The molecule has 0 bridgehead atoms. The predicted molar refractivity (Wildman–Crippen MR) is 130 cm³/mol. The molecular weight excluding hydrogens is 531 g/mol. The fraction of sp³-hybridized carbons (Fsp3) is 0.280. The van der Waals surface area contributed by atoms with Crippen molar-refractivity contribution in [1.82, 2.24) is 9.88 Å². The maximum Gasteiger partial charge on any atom is 0.491 e. The summed E-state index contributed by atoms with van der Waals surface area (Å²) in [4.78, 5) is 41.0. The number of hydrogen-bond acceptors (Lipinski definition) is 8. The van der Waals surface area contributed by atoms with Crippen molar-refractivity contribution in [3.8, 4) is 5.75 Å². The predicted octanol–water partition coefficient (Wildman–Crippen LogP) is 4.87. The maximum atomic E-state index is 13.3. The number of ether oxygens (including phenoxy) is 2. The van der Waals surface area contributed by atoms with Gasteiger partial charge in [-0.15, -0.1) is 0 Å². The molecule has 13 heteroatoms. The second-order valence-electron chi connectivity index (χ2n) is 7.86. The number of esters is 2. The molecule has 0 fully saturated rings. The molecule has 0 aliphatic rings. The van der Waals surface area contributed by atoms with Gasteiger partial charge in [0.1, 0.15) is 18.1 Å². The Bertz CT molecular complexity index is 1220. The van der Waals surface area contributed by atoms with Gasteiger partial charge in [-0.1, -0.05) is 11.6 Å². The number of nitrogens with one attached hydrogen (secondary N) is 1. The summed E-state index contributed by atoms with van der Waals surface area (Å²) in [6, 6.07) is 11.4. The van der Waals surface area contributed by atoms with Gasteiger partial charge in [-0.25, -0.2) is 4.79 Å². The van der Waals surface area contributed by atoms with Crippen LogP contribution in [-0.2, 0) is 20.9 Å². The Morgan fingerprint density at radius 3 is 2.55 bits per heavy atom. The van der Waals surface area contributed by atoms with Gasteiger partial charge in [-0.05, 0) is 48.9 Å². The lowest BCUT2D eigenvalue weighted by Gasteiger charge is -2.22. The van der Waals surface area contributed by atoms with Crippen molar-refractivity contribution >= 4 is 35.1 Å². The molecule has 1 amide bonds. The molecule has 38 heavy (non-hydrogen) atoms. The highest BCUT2D eigenvalue weighted by atomic mass is 35.5. The molecule has 1 aromatic carbocycles. The first kappa shape index (κ1) is 28.5. The van der Waals surface area contributed by atoms with E-state index in [2.05, 4.69) is 15.0 Å². The summed E-state index contributed by atoms with van der Waals surface area (Å²) in [5.74, 6) is -3.63. The summed E-state index contributed by atoms with van der Waals surface area (Å²) in [5, 5.41) is 3.41. The summed E-state index contributed by atoms with van der Waals surface area (Å²) in [5.41, 5.74) is 1.06. The monoisotopic (exact) mass is 553 g/mol. The van der Waals surface area contributed by atoms with Gasteiger partial charge in [0, 0.05) is 48.2 Å². The molecule has 0 aliphatic carbocycles. The van der Waals surface area contributed by atoms with E-state index in [4.69, 9.17) is 20.8 Å². The number of hydrogen-bond donors (Lipinski definition) is 1. The van der Waals surface area contributed by atoms with Crippen molar-refractivity contribution in [2.24, 2.45) is 0 Å². The number of furan rings is 1. The van der Waals surface area contributed by atoms with Crippen LogP contribution in [0.2, 0.25) is 5.02 Å². The van der Waals surface area contributed by atoms with E-state index in [9.17, 15) is 27.6 Å². The van der Waals surface area contributed by atoms with Crippen LogP contribution in [-0.4, -0.2) is 53.6 Å². The number of anilines is 1. The second kappa shape index (κ2) is 13.5. The minimum absolute atomic E-state index is 0.0148. The highest BCUT2D eigenvalue weighted by molar-refractivity contribution is 6.31. The molecule has 2 heterocycles. The van der Waals surface area contributed by atoms with Crippen LogP contribution in [0.1, 0.15) is 29.0 Å². The zero-order chi connectivity index (χ0) is 27.5. The minimum atomic E-state index is -5.28. The van der Waals surface area contributed by atoms with Crippen LogP contribution in [0.25, 0.3) is 0 Å². The fourth-order valence-electron chi connectivity index (χ4n) is 3.26. The molecule has 0 saturated carbocycles. The van der Waals surface area contributed by atoms with E-state index in [1.165, 1.54) is 23.3 Å². The molecule has 3 aromatic rings. The highest BCUT2D eigenvalue weighted by Crippen LogP contribution is 2.23. The lowest BCUT2D eigenvalue weighted by Crippen LogP contribution is -2.32. The first-order valence-electron chi connectivity index (χ1n) is 11.3. The average molecular weight is 554 g/mol. The van der Waals surface area contributed by atoms with Gasteiger partial charge in [0.15, 0.2) is 0 Å². The van der Waals surface area contributed by atoms with E-state index in [1.54, 1.807) is 42.7 Å². The Morgan fingerprint density at radius 1 is 1.11 bits per heavy atom. The third-order valence-electron chi connectivity index (χ3n) is 4.96. The number of nitrogens with zero attached hydrogens (tertiary/aromatic N) is 2. The zero-order valence-electron chi connectivity index (χ0n) is 19.9. The van der Waals surface area contributed by atoms with Crippen LogP contribution in [0.5, 0.6) is 5.75 Å². The van der Waals surface area contributed by atoms with E-state index in [0.29, 0.717) is 18.1 Å². The number of carbonyl (C=O) groups is 3. The number of pyridine rings is 1. The van der Waals surface area contributed by atoms with Crippen LogP contribution in [0.15, 0.2) is 65.5 Å². The zero-order valence-corrected chi connectivity index (χ0v) is 20.6. The summed E-state index contributed by atoms with van der Waals surface area (Å²) in [7, 11) is 0. The number of halogens is 4. The normalized spacial score (nSPS) is 11.1. The standard InChI is InChI=1S/C25H23ClF3N3O6/c26-18-13-17(14-21(15-18)37-12-9-31-19-5-7-30-8-6-19)23(34)32(16-20-3-2-11-36-20)10-1-4-22(33)38-24(35)25(27,28)29/h2-3,5-8,11,13-15H,1,4,9-10,12,16H2,(H,30,31). The summed E-state index contributed by atoms with van der Waals surface area (Å²) >= 11 is 6.20. The smallest absolute Gasteiger partial charge is 0.491 e. The minimum Gasteiger partial charge on any atom is -0.492 e. The van der Waals surface area contributed by atoms with Gasteiger partial charge >= 0.3 is 18.1 Å². The third-order valence-corrected chi connectivity index (χ3v) is 5.18. The lowest BCUT2D eigenvalue weighted by atomic mass is 10.1. The van der Waals surface area contributed by atoms with Gasteiger partial charge in [0.2, 0.25) is 0 Å². The summed E-state index contributed by atoms with van der Waals surface area (Å²) < 4.78 is 51.7. The molecule has 0 unspecified atom stereocenters. The SMILES string of the molecule is O=C(CCCN(Cc1ccco1)C(=O)c1cc(Cl)cc(OCCNc2ccncc2)c1)OC(=O)C(F)(F)F. The van der Waals surface area contributed by atoms with Crippen LogP contribution in [0, 0.1) is 0 Å². The summed E-state index contributed by atoms with van der Waals surface area (Å²) in [6.45, 7) is 0.705. The van der Waals surface area contributed by atoms with Gasteiger partial charge in [-0.3, -0.25) is 14.6 Å². The van der Waals surface area contributed by atoms with Crippen LogP contribution < -0.4 is 10.1 Å². The first-order valence-corrected chi connectivity index (χ1v) is 11.7. The molecule has 0 spiro atoms. The van der Waals surface area contributed by atoms with Crippen molar-refractivity contribution in [3.63, 3.8) is 0 Å². The Morgan fingerprint density at radius 2 is 1.87 bits per heavy atom. The topological polar surface area (TPSA) is 111 Å². The number of rotatable bonds is 12. The third kappa shape index (κ3) is 9.11. The van der Waals surface area contributed by atoms with E-state index < -0.39 is 30.4 Å². The summed E-state index contributed by atoms with van der Waals surface area (Å²) in [6.07, 6.45) is -1.14. The lowest BCUT2D eigenvalue weighted by molar-refractivity contribution is -0.201. The van der Waals surface area contributed by atoms with Crippen LogP contribution >= 0.6 is 11.6 Å². The number of alkyl halides is 3. The van der Waals surface area contributed by atoms with Crippen molar-refractivity contribution < 1.29 is 41.4 Å². The van der Waals surface area contributed by atoms with E-state index in [-0.39, 0.29) is 36.7 Å². The molecule has 1 N–H and O–H groups in total. The Labute approximate surface area is 220 Å². The van der Waals surface area contributed by atoms with Crippen LogP contribution in [0.4, 0.5) is 18.9 Å². The Hall–Kier alpha value is -4.06. The molecule has 202 valence electrons. The Balaban J connectivity index is 1.62.